The molecule has 2 rings (SSSR count). The Morgan fingerprint density at radius 2 is 1.79 bits per heavy atom. The van der Waals surface area contributed by atoms with Crippen LogP contribution in [0, 0.1) is 0 Å². The summed E-state index contributed by atoms with van der Waals surface area (Å²) in [6, 6.07) is 9.41. The van der Waals surface area contributed by atoms with E-state index in [0.717, 1.165) is 10.8 Å². The lowest BCUT2D eigenvalue weighted by molar-refractivity contribution is 0.0522. The molecule has 0 fully saturated rings. The predicted octanol–water partition coefficient (Wildman–Crippen LogP) is 3.03. The predicted molar refractivity (Wildman–Crippen MR) is 73.0 cm³/mol. The zero-order chi connectivity index (χ0) is 13.8. The Labute approximate surface area is 111 Å². The van der Waals surface area contributed by atoms with Gasteiger partial charge in [-0.3, -0.25) is 0 Å². The maximum Gasteiger partial charge on any atom is 0.342 e. The Morgan fingerprint density at radius 3 is 2.42 bits per heavy atom. The van der Waals surface area contributed by atoms with Crippen molar-refractivity contribution < 1.29 is 19.0 Å². The van der Waals surface area contributed by atoms with Gasteiger partial charge in [-0.15, -0.1) is 0 Å². The van der Waals surface area contributed by atoms with Gasteiger partial charge < -0.3 is 14.2 Å². The monoisotopic (exact) mass is 260 g/mol. The van der Waals surface area contributed by atoms with Crippen LogP contribution in [0.25, 0.3) is 10.8 Å². The molecule has 0 heterocycles. The molecule has 0 aliphatic heterocycles. The van der Waals surface area contributed by atoms with E-state index < -0.39 is 5.97 Å². The summed E-state index contributed by atoms with van der Waals surface area (Å²) in [5.74, 6) is 0.534. The summed E-state index contributed by atoms with van der Waals surface area (Å²) in [6.07, 6.45) is 0. The molecule has 0 radical (unpaired) electrons. The molecular weight excluding hydrogens is 244 g/mol. The molecule has 4 heteroatoms. The van der Waals surface area contributed by atoms with Crippen LogP contribution in [0.1, 0.15) is 17.3 Å². The maximum atomic E-state index is 12.0. The quantitative estimate of drug-likeness (QED) is 0.793. The van der Waals surface area contributed by atoms with Gasteiger partial charge in [0.05, 0.1) is 20.8 Å². The molecule has 0 N–H and O–H groups in total. The lowest BCUT2D eigenvalue weighted by Gasteiger charge is -2.14. The summed E-state index contributed by atoms with van der Waals surface area (Å²) in [5, 5.41) is 1.80. The number of ether oxygens (including phenoxy) is 3. The molecule has 0 spiro atoms. The van der Waals surface area contributed by atoms with E-state index in [2.05, 4.69) is 0 Å². The van der Waals surface area contributed by atoms with Crippen LogP contribution in [0.3, 0.4) is 0 Å². The third-order valence-electron chi connectivity index (χ3n) is 2.86. The highest BCUT2D eigenvalue weighted by Gasteiger charge is 2.20. The third kappa shape index (κ3) is 2.34. The van der Waals surface area contributed by atoms with Crippen molar-refractivity contribution in [2.24, 2.45) is 0 Å². The Bertz CT molecular complexity index is 604. The number of carbonyl (C=O) groups excluding carboxylic acids is 1. The number of methoxy groups -OCH3 is 2. The van der Waals surface area contributed by atoms with Gasteiger partial charge in [0, 0.05) is 5.39 Å². The van der Waals surface area contributed by atoms with Gasteiger partial charge in [-0.2, -0.15) is 0 Å². The van der Waals surface area contributed by atoms with Crippen molar-refractivity contribution in [2.75, 3.05) is 20.8 Å². The summed E-state index contributed by atoms with van der Waals surface area (Å²) in [6.45, 7) is 2.08. The highest BCUT2D eigenvalue weighted by molar-refractivity contribution is 6.02. The van der Waals surface area contributed by atoms with Crippen molar-refractivity contribution in [3.05, 3.63) is 35.9 Å². The number of esters is 1. The molecule has 0 saturated carbocycles. The van der Waals surface area contributed by atoms with Crippen molar-refractivity contribution >= 4 is 16.7 Å². The molecular formula is C15H16O4. The standard InChI is InChI=1S/C15H16O4/c1-4-19-15(16)12-9-10-7-5-6-8-11(10)13(17-2)14(12)18-3/h5-9H,4H2,1-3H3. The third-order valence-corrected chi connectivity index (χ3v) is 2.86. The molecule has 0 bridgehead atoms. The molecule has 2 aromatic carbocycles. The number of benzene rings is 2. The zero-order valence-corrected chi connectivity index (χ0v) is 11.2. The minimum atomic E-state index is -0.414. The van der Waals surface area contributed by atoms with Crippen LogP contribution in [0.4, 0.5) is 0 Å². The SMILES string of the molecule is CCOC(=O)c1cc2ccccc2c(OC)c1OC. The van der Waals surface area contributed by atoms with E-state index in [-0.39, 0.29) is 0 Å². The van der Waals surface area contributed by atoms with Crippen LogP contribution >= 0.6 is 0 Å². The first-order valence-corrected chi connectivity index (χ1v) is 6.03. The van der Waals surface area contributed by atoms with E-state index in [0.29, 0.717) is 23.7 Å². The molecule has 0 amide bonds. The fourth-order valence-electron chi connectivity index (χ4n) is 2.06. The first-order chi connectivity index (χ1) is 9.22. The molecule has 0 aromatic heterocycles. The summed E-state index contributed by atoms with van der Waals surface area (Å²) >= 11 is 0. The number of rotatable bonds is 4. The first-order valence-electron chi connectivity index (χ1n) is 6.03. The van der Waals surface area contributed by atoms with Crippen molar-refractivity contribution in [3.63, 3.8) is 0 Å². The molecule has 0 aliphatic carbocycles. The van der Waals surface area contributed by atoms with Gasteiger partial charge in [-0.05, 0) is 18.4 Å². The fourth-order valence-corrected chi connectivity index (χ4v) is 2.06. The summed E-state index contributed by atoms with van der Waals surface area (Å²) in [5.41, 5.74) is 0.375. The van der Waals surface area contributed by atoms with Crippen LogP contribution < -0.4 is 9.47 Å². The molecule has 0 unspecified atom stereocenters. The number of hydrogen-bond acceptors (Lipinski definition) is 4. The largest absolute Gasteiger partial charge is 0.492 e. The summed E-state index contributed by atoms with van der Waals surface area (Å²) in [4.78, 5) is 12.0. The van der Waals surface area contributed by atoms with Gasteiger partial charge in [-0.25, -0.2) is 4.79 Å². The first kappa shape index (κ1) is 13.2. The van der Waals surface area contributed by atoms with Crippen LogP contribution in [0.2, 0.25) is 0 Å². The van der Waals surface area contributed by atoms with E-state index in [1.807, 2.05) is 24.3 Å². The average Bonchev–Trinajstić information content (AvgIpc) is 2.45. The van der Waals surface area contributed by atoms with Gasteiger partial charge in [0.15, 0.2) is 11.5 Å². The molecule has 0 aliphatic rings. The van der Waals surface area contributed by atoms with Crippen molar-refractivity contribution in [3.8, 4) is 11.5 Å². The molecule has 0 saturated heterocycles. The normalized spacial score (nSPS) is 10.3. The van der Waals surface area contributed by atoms with Crippen LogP contribution in [-0.2, 0) is 4.74 Å². The zero-order valence-electron chi connectivity index (χ0n) is 11.2. The van der Waals surface area contributed by atoms with E-state index in [1.54, 1.807) is 20.1 Å². The Balaban J connectivity index is 2.72. The second kappa shape index (κ2) is 5.61. The van der Waals surface area contributed by atoms with Crippen molar-refractivity contribution in [1.29, 1.82) is 0 Å². The van der Waals surface area contributed by atoms with E-state index in [4.69, 9.17) is 14.2 Å². The number of carbonyl (C=O) groups is 1. The molecule has 19 heavy (non-hydrogen) atoms. The Kier molecular flexibility index (Phi) is 3.90. The van der Waals surface area contributed by atoms with Gasteiger partial charge >= 0.3 is 5.97 Å². The lowest BCUT2D eigenvalue weighted by Crippen LogP contribution is -2.08. The number of fused-ring (bicyclic) bond motifs is 1. The Morgan fingerprint density at radius 1 is 1.11 bits per heavy atom. The smallest absolute Gasteiger partial charge is 0.342 e. The molecule has 100 valence electrons. The van der Waals surface area contributed by atoms with Gasteiger partial charge in [0.1, 0.15) is 5.56 Å². The maximum absolute atomic E-state index is 12.0. The minimum Gasteiger partial charge on any atom is -0.492 e. The molecule has 4 nitrogen and oxygen atoms in total. The van der Waals surface area contributed by atoms with E-state index in [9.17, 15) is 4.79 Å². The lowest BCUT2D eigenvalue weighted by atomic mass is 10.0. The molecule has 2 aromatic rings. The highest BCUT2D eigenvalue weighted by Crippen LogP contribution is 2.39. The fraction of sp³-hybridized carbons (Fsp3) is 0.267. The highest BCUT2D eigenvalue weighted by atomic mass is 16.5. The second-order valence-electron chi connectivity index (χ2n) is 3.93. The second-order valence-corrected chi connectivity index (χ2v) is 3.93. The van der Waals surface area contributed by atoms with Crippen LogP contribution in [0.5, 0.6) is 11.5 Å². The minimum absolute atomic E-state index is 0.317. The average molecular weight is 260 g/mol. The van der Waals surface area contributed by atoms with E-state index >= 15 is 0 Å². The Hall–Kier alpha value is -2.23. The number of hydrogen-bond donors (Lipinski definition) is 0. The van der Waals surface area contributed by atoms with Crippen molar-refractivity contribution in [1.82, 2.24) is 0 Å². The summed E-state index contributed by atoms with van der Waals surface area (Å²) in [7, 11) is 3.06. The van der Waals surface area contributed by atoms with Gasteiger partial charge in [0.2, 0.25) is 0 Å². The van der Waals surface area contributed by atoms with Gasteiger partial charge in [0.25, 0.3) is 0 Å². The van der Waals surface area contributed by atoms with Crippen LogP contribution in [-0.4, -0.2) is 26.8 Å². The topological polar surface area (TPSA) is 44.8 Å². The molecule has 0 atom stereocenters. The van der Waals surface area contributed by atoms with Crippen LogP contribution in [0.15, 0.2) is 30.3 Å². The van der Waals surface area contributed by atoms with Crippen molar-refractivity contribution in [2.45, 2.75) is 6.92 Å². The van der Waals surface area contributed by atoms with Gasteiger partial charge in [-0.1, -0.05) is 24.3 Å². The summed E-state index contributed by atoms with van der Waals surface area (Å²) < 4.78 is 15.7. The van der Waals surface area contributed by atoms with E-state index in [1.165, 1.54) is 7.11 Å².